The van der Waals surface area contributed by atoms with E-state index in [9.17, 15) is 4.79 Å². The number of para-hydroxylation sites is 2. The summed E-state index contributed by atoms with van der Waals surface area (Å²) >= 11 is 0. The molecule has 1 amide bonds. The Bertz CT molecular complexity index is 962. The lowest BCUT2D eigenvalue weighted by atomic mass is 10.2. The summed E-state index contributed by atoms with van der Waals surface area (Å²) in [6.45, 7) is 4.11. The molecule has 1 aliphatic rings. The molecule has 1 aromatic carbocycles. The van der Waals surface area contributed by atoms with Crippen molar-refractivity contribution in [2.24, 2.45) is 5.73 Å². The average molecular weight is 333 g/mol. The maximum atomic E-state index is 11.6. The van der Waals surface area contributed by atoms with Gasteiger partial charge in [-0.25, -0.2) is 4.98 Å². The minimum atomic E-state index is -0.465. The van der Waals surface area contributed by atoms with Crippen LogP contribution in [-0.4, -0.2) is 15.9 Å². The summed E-state index contributed by atoms with van der Waals surface area (Å²) in [4.78, 5) is 21.6. The highest BCUT2D eigenvalue weighted by Crippen LogP contribution is 2.45. The van der Waals surface area contributed by atoms with Crippen LogP contribution in [0, 0.1) is 13.8 Å². The molecule has 1 aliphatic heterocycles. The van der Waals surface area contributed by atoms with Gasteiger partial charge in [0.1, 0.15) is 12.0 Å². The predicted octanol–water partition coefficient (Wildman–Crippen LogP) is 3.39. The Hall–Kier alpha value is -3.28. The van der Waals surface area contributed by atoms with Gasteiger partial charge in [-0.2, -0.15) is 0 Å². The Labute approximate surface area is 145 Å². The predicted molar refractivity (Wildman–Crippen MR) is 98.0 cm³/mol. The fraction of sp³-hybridized carbons (Fsp3) is 0.158. The molecule has 4 N–H and O–H groups in total. The lowest BCUT2D eigenvalue weighted by molar-refractivity contribution is 0.1000. The molecular formula is C19H19N5O. The van der Waals surface area contributed by atoms with Gasteiger partial charge < -0.3 is 16.0 Å². The van der Waals surface area contributed by atoms with E-state index in [1.54, 1.807) is 18.3 Å². The van der Waals surface area contributed by atoms with E-state index < -0.39 is 5.91 Å². The zero-order valence-corrected chi connectivity index (χ0v) is 14.1. The molecule has 0 spiro atoms. The second-order valence-electron chi connectivity index (χ2n) is 6.25. The number of H-pyrrole nitrogens is 1. The molecule has 0 saturated carbocycles. The van der Waals surface area contributed by atoms with E-state index in [1.165, 1.54) is 5.56 Å². The van der Waals surface area contributed by atoms with Gasteiger partial charge in [-0.3, -0.25) is 9.69 Å². The standard InChI is InChI=1S/C19H19N5O/c1-11-9-12(2)22-17(11)19-23-14-5-3-4-6-15(14)24(19)16-10-13(18(20)25)7-8-21-16/h3-10,19,22-23H,1-2H3,(H2,20,25). The van der Waals surface area contributed by atoms with E-state index in [1.807, 2.05) is 31.2 Å². The number of aromatic amines is 1. The monoisotopic (exact) mass is 333 g/mol. The van der Waals surface area contributed by atoms with Gasteiger partial charge in [-0.1, -0.05) is 12.1 Å². The summed E-state index contributed by atoms with van der Waals surface area (Å²) in [5.41, 5.74) is 11.2. The van der Waals surface area contributed by atoms with Crippen LogP contribution in [0.5, 0.6) is 0 Å². The molecule has 0 radical (unpaired) electrons. The number of anilines is 3. The van der Waals surface area contributed by atoms with Gasteiger partial charge in [-0.15, -0.1) is 0 Å². The number of aryl methyl sites for hydroxylation is 2. The number of hydrogen-bond donors (Lipinski definition) is 3. The number of nitrogens with zero attached hydrogens (tertiary/aromatic N) is 2. The summed E-state index contributed by atoms with van der Waals surface area (Å²) in [7, 11) is 0. The number of fused-ring (bicyclic) bond motifs is 1. The topological polar surface area (TPSA) is 87.0 Å². The number of primary amides is 1. The van der Waals surface area contributed by atoms with Crippen LogP contribution < -0.4 is 16.0 Å². The second kappa shape index (κ2) is 5.66. The molecule has 0 saturated heterocycles. The minimum absolute atomic E-state index is 0.137. The van der Waals surface area contributed by atoms with Crippen LogP contribution in [0.1, 0.15) is 33.5 Å². The highest BCUT2D eigenvalue weighted by Gasteiger charge is 2.33. The number of carbonyl (C=O) groups excluding carboxylic acids is 1. The SMILES string of the molecule is Cc1cc(C)c(C2Nc3ccccc3N2c2cc(C(N)=O)ccn2)[nH]1. The molecule has 25 heavy (non-hydrogen) atoms. The highest BCUT2D eigenvalue weighted by molar-refractivity contribution is 5.94. The van der Waals surface area contributed by atoms with Gasteiger partial charge in [0.15, 0.2) is 0 Å². The van der Waals surface area contributed by atoms with Crippen molar-refractivity contribution in [2.75, 3.05) is 10.2 Å². The number of benzene rings is 1. The summed E-state index contributed by atoms with van der Waals surface area (Å²) in [6, 6.07) is 13.5. The number of nitrogens with one attached hydrogen (secondary N) is 2. The van der Waals surface area contributed by atoms with Crippen molar-refractivity contribution in [3.63, 3.8) is 0 Å². The Morgan fingerprint density at radius 3 is 2.72 bits per heavy atom. The molecule has 6 heteroatoms. The summed E-state index contributed by atoms with van der Waals surface area (Å²) < 4.78 is 0. The quantitative estimate of drug-likeness (QED) is 0.686. The van der Waals surface area contributed by atoms with Gasteiger partial charge >= 0.3 is 0 Å². The van der Waals surface area contributed by atoms with Crippen molar-refractivity contribution < 1.29 is 4.79 Å². The highest BCUT2D eigenvalue weighted by atomic mass is 16.1. The maximum absolute atomic E-state index is 11.6. The molecule has 2 aromatic heterocycles. The second-order valence-corrected chi connectivity index (χ2v) is 6.25. The zero-order valence-electron chi connectivity index (χ0n) is 14.1. The first kappa shape index (κ1) is 15.3. The third-order valence-corrected chi connectivity index (χ3v) is 4.45. The van der Waals surface area contributed by atoms with E-state index in [0.717, 1.165) is 22.8 Å². The summed E-state index contributed by atoms with van der Waals surface area (Å²) in [6.07, 6.45) is 1.47. The van der Waals surface area contributed by atoms with E-state index in [-0.39, 0.29) is 6.17 Å². The van der Waals surface area contributed by atoms with Crippen molar-refractivity contribution in [3.05, 3.63) is 71.2 Å². The van der Waals surface area contributed by atoms with Crippen molar-refractivity contribution >= 4 is 23.1 Å². The number of hydrogen-bond acceptors (Lipinski definition) is 4. The van der Waals surface area contributed by atoms with Crippen LogP contribution in [0.4, 0.5) is 17.2 Å². The maximum Gasteiger partial charge on any atom is 0.248 e. The van der Waals surface area contributed by atoms with Crippen molar-refractivity contribution in [1.29, 1.82) is 0 Å². The molecule has 1 unspecified atom stereocenters. The normalized spacial score (nSPS) is 15.8. The molecule has 126 valence electrons. The Balaban J connectivity index is 1.87. The first-order valence-corrected chi connectivity index (χ1v) is 8.11. The van der Waals surface area contributed by atoms with Crippen LogP contribution in [0.3, 0.4) is 0 Å². The lowest BCUT2D eigenvalue weighted by Gasteiger charge is -2.26. The first-order valence-electron chi connectivity index (χ1n) is 8.11. The van der Waals surface area contributed by atoms with E-state index in [2.05, 4.69) is 33.2 Å². The van der Waals surface area contributed by atoms with Crippen LogP contribution in [0.15, 0.2) is 48.7 Å². The summed E-state index contributed by atoms with van der Waals surface area (Å²) in [5.74, 6) is 0.206. The van der Waals surface area contributed by atoms with Crippen molar-refractivity contribution in [2.45, 2.75) is 20.0 Å². The average Bonchev–Trinajstić information content (AvgIpc) is 3.14. The van der Waals surface area contributed by atoms with E-state index in [0.29, 0.717) is 11.4 Å². The molecule has 3 aromatic rings. The van der Waals surface area contributed by atoms with Crippen molar-refractivity contribution in [1.82, 2.24) is 9.97 Å². The Morgan fingerprint density at radius 2 is 2.00 bits per heavy atom. The molecule has 1 atom stereocenters. The Kier molecular flexibility index (Phi) is 3.46. The van der Waals surface area contributed by atoms with E-state index >= 15 is 0 Å². The van der Waals surface area contributed by atoms with Gasteiger partial charge in [0.2, 0.25) is 5.91 Å². The fourth-order valence-corrected chi connectivity index (χ4v) is 3.35. The van der Waals surface area contributed by atoms with Gasteiger partial charge in [0.05, 0.1) is 17.1 Å². The van der Waals surface area contributed by atoms with Crippen LogP contribution >= 0.6 is 0 Å². The number of pyridine rings is 1. The smallest absolute Gasteiger partial charge is 0.248 e. The minimum Gasteiger partial charge on any atom is -0.366 e. The lowest BCUT2D eigenvalue weighted by Crippen LogP contribution is -2.25. The van der Waals surface area contributed by atoms with E-state index in [4.69, 9.17) is 5.73 Å². The Morgan fingerprint density at radius 1 is 1.20 bits per heavy atom. The van der Waals surface area contributed by atoms with Gasteiger partial charge in [0, 0.05) is 17.5 Å². The van der Waals surface area contributed by atoms with Crippen LogP contribution in [0.25, 0.3) is 0 Å². The van der Waals surface area contributed by atoms with Crippen LogP contribution in [0.2, 0.25) is 0 Å². The third-order valence-electron chi connectivity index (χ3n) is 4.45. The molecule has 6 nitrogen and oxygen atoms in total. The molecular weight excluding hydrogens is 314 g/mol. The third kappa shape index (κ3) is 2.52. The molecule has 0 fully saturated rings. The zero-order chi connectivity index (χ0) is 17.6. The molecule has 0 aliphatic carbocycles. The molecule has 4 rings (SSSR count). The number of aromatic nitrogens is 2. The largest absolute Gasteiger partial charge is 0.366 e. The van der Waals surface area contributed by atoms with Crippen molar-refractivity contribution in [3.8, 4) is 0 Å². The fourth-order valence-electron chi connectivity index (χ4n) is 3.35. The number of carbonyl (C=O) groups is 1. The molecule has 3 heterocycles. The number of amides is 1. The number of nitrogens with two attached hydrogens (primary N) is 1. The molecule has 0 bridgehead atoms. The van der Waals surface area contributed by atoms with Gasteiger partial charge in [-0.05, 0) is 49.7 Å². The number of rotatable bonds is 3. The summed E-state index contributed by atoms with van der Waals surface area (Å²) in [5, 5.41) is 3.54. The first-order chi connectivity index (χ1) is 12.0. The van der Waals surface area contributed by atoms with Gasteiger partial charge in [0.25, 0.3) is 0 Å². The van der Waals surface area contributed by atoms with Crippen LogP contribution in [-0.2, 0) is 0 Å².